The summed E-state index contributed by atoms with van der Waals surface area (Å²) in [5, 5.41) is 0. The van der Waals surface area contributed by atoms with Gasteiger partial charge in [0.1, 0.15) is 17.1 Å². The molecule has 1 saturated heterocycles. The van der Waals surface area contributed by atoms with Crippen molar-refractivity contribution in [2.24, 2.45) is 5.41 Å². The van der Waals surface area contributed by atoms with Crippen molar-refractivity contribution in [1.82, 2.24) is 4.90 Å². The summed E-state index contributed by atoms with van der Waals surface area (Å²) in [5.41, 5.74) is 0.921. The van der Waals surface area contributed by atoms with E-state index in [9.17, 15) is 9.59 Å². The summed E-state index contributed by atoms with van der Waals surface area (Å²) < 4.78 is 5.75. The molecule has 1 aromatic heterocycles. The fourth-order valence-electron chi connectivity index (χ4n) is 4.53. The average Bonchev–Trinajstić information content (AvgIpc) is 3.16. The number of furan rings is 1. The molecule has 2 aromatic rings. The van der Waals surface area contributed by atoms with Crippen molar-refractivity contribution in [3.8, 4) is 0 Å². The van der Waals surface area contributed by atoms with Crippen molar-refractivity contribution in [1.29, 1.82) is 0 Å². The van der Waals surface area contributed by atoms with Crippen molar-refractivity contribution >= 4 is 11.7 Å². The zero-order valence-corrected chi connectivity index (χ0v) is 13.3. The van der Waals surface area contributed by atoms with E-state index in [0.29, 0.717) is 19.4 Å². The number of hydrogen-bond acceptors (Lipinski definition) is 3. The lowest BCUT2D eigenvalue weighted by atomic mass is 9.75. The highest BCUT2D eigenvalue weighted by molar-refractivity contribution is 6.01. The summed E-state index contributed by atoms with van der Waals surface area (Å²) in [6, 6.07) is 11.5. The number of fused-ring (bicyclic) bond motifs is 3. The summed E-state index contributed by atoms with van der Waals surface area (Å²) in [6.07, 6.45) is 2.82. The van der Waals surface area contributed by atoms with Crippen LogP contribution in [0.1, 0.15) is 48.4 Å². The standard InChI is InChI=1S/C19H19NO3/c1-13(21)10-18(2)11-19(16-8-5-9-23-16)15-7-4-3-6-14(15)17(22)20(19)12-18/h3-9H,10-12H2,1-2H3/t18-,19+/m1/s1. The minimum Gasteiger partial charge on any atom is -0.466 e. The Balaban J connectivity index is 1.92. The number of carbonyl (C=O) groups is 2. The smallest absolute Gasteiger partial charge is 0.255 e. The number of nitrogens with zero attached hydrogens (tertiary/aromatic N) is 1. The molecule has 2 aliphatic heterocycles. The predicted octanol–water partition coefficient (Wildman–Crippen LogP) is 3.37. The second-order valence-electron chi connectivity index (χ2n) is 7.14. The Kier molecular flexibility index (Phi) is 2.83. The van der Waals surface area contributed by atoms with Crippen molar-refractivity contribution < 1.29 is 14.0 Å². The third-order valence-corrected chi connectivity index (χ3v) is 5.14. The fraction of sp³-hybridized carbons (Fsp3) is 0.368. The van der Waals surface area contributed by atoms with Crippen LogP contribution >= 0.6 is 0 Å². The van der Waals surface area contributed by atoms with Crippen molar-refractivity contribution in [3.05, 3.63) is 59.5 Å². The molecule has 1 amide bonds. The molecule has 0 N–H and O–H groups in total. The molecule has 4 nitrogen and oxygen atoms in total. The van der Waals surface area contributed by atoms with Crippen LogP contribution in [0.5, 0.6) is 0 Å². The number of benzene rings is 1. The third-order valence-electron chi connectivity index (χ3n) is 5.14. The van der Waals surface area contributed by atoms with E-state index in [1.807, 2.05) is 41.3 Å². The van der Waals surface area contributed by atoms with Gasteiger partial charge in [-0.1, -0.05) is 25.1 Å². The van der Waals surface area contributed by atoms with Crippen molar-refractivity contribution in [2.45, 2.75) is 32.2 Å². The van der Waals surface area contributed by atoms with E-state index >= 15 is 0 Å². The molecular formula is C19H19NO3. The van der Waals surface area contributed by atoms with Crippen LogP contribution in [-0.4, -0.2) is 23.1 Å². The third kappa shape index (κ3) is 1.84. The Morgan fingerprint density at radius 3 is 2.74 bits per heavy atom. The molecule has 23 heavy (non-hydrogen) atoms. The number of amides is 1. The monoisotopic (exact) mass is 309 g/mol. The second-order valence-corrected chi connectivity index (χ2v) is 7.14. The average molecular weight is 309 g/mol. The van der Waals surface area contributed by atoms with Crippen molar-refractivity contribution in [3.63, 3.8) is 0 Å². The number of ketones is 1. The zero-order valence-electron chi connectivity index (χ0n) is 13.3. The molecule has 1 fully saturated rings. The van der Waals surface area contributed by atoms with Gasteiger partial charge in [-0.2, -0.15) is 0 Å². The van der Waals surface area contributed by atoms with Crippen LogP contribution in [0.15, 0.2) is 47.1 Å². The summed E-state index contributed by atoms with van der Waals surface area (Å²) in [4.78, 5) is 26.6. The van der Waals surface area contributed by atoms with Crippen LogP contribution in [-0.2, 0) is 10.3 Å². The molecule has 2 aliphatic rings. The highest BCUT2D eigenvalue weighted by Crippen LogP contribution is 2.57. The highest BCUT2D eigenvalue weighted by atomic mass is 16.3. The van der Waals surface area contributed by atoms with Crippen LogP contribution in [0, 0.1) is 5.41 Å². The topological polar surface area (TPSA) is 50.5 Å². The summed E-state index contributed by atoms with van der Waals surface area (Å²) in [7, 11) is 0. The molecule has 0 unspecified atom stereocenters. The van der Waals surface area contributed by atoms with Gasteiger partial charge in [0.05, 0.1) is 6.26 Å². The van der Waals surface area contributed by atoms with Gasteiger partial charge in [0.2, 0.25) is 0 Å². The molecule has 118 valence electrons. The van der Waals surface area contributed by atoms with Gasteiger partial charge in [0.25, 0.3) is 5.91 Å². The zero-order chi connectivity index (χ0) is 16.2. The SMILES string of the molecule is CC(=O)C[C@@]1(C)CN2C(=O)c3ccccc3[C@]2(c2ccco2)C1. The highest BCUT2D eigenvalue weighted by Gasteiger charge is 2.61. The van der Waals surface area contributed by atoms with E-state index in [4.69, 9.17) is 4.42 Å². The molecule has 0 spiro atoms. The van der Waals surface area contributed by atoms with Gasteiger partial charge in [-0.15, -0.1) is 0 Å². The predicted molar refractivity (Wildman–Crippen MR) is 85.0 cm³/mol. The van der Waals surface area contributed by atoms with Crippen LogP contribution in [0.4, 0.5) is 0 Å². The Morgan fingerprint density at radius 1 is 1.26 bits per heavy atom. The maximum Gasteiger partial charge on any atom is 0.255 e. The van der Waals surface area contributed by atoms with E-state index < -0.39 is 5.54 Å². The minimum absolute atomic E-state index is 0.0317. The maximum atomic E-state index is 13.0. The van der Waals surface area contributed by atoms with Crippen molar-refractivity contribution in [2.75, 3.05) is 6.54 Å². The Hall–Kier alpha value is -2.36. The van der Waals surface area contributed by atoms with E-state index in [-0.39, 0.29) is 17.1 Å². The normalized spacial score (nSPS) is 28.8. The van der Waals surface area contributed by atoms with Crippen LogP contribution in [0.2, 0.25) is 0 Å². The molecule has 0 saturated carbocycles. The lowest BCUT2D eigenvalue weighted by molar-refractivity contribution is -0.118. The van der Waals surface area contributed by atoms with Crippen LogP contribution in [0.3, 0.4) is 0 Å². The van der Waals surface area contributed by atoms with E-state index in [2.05, 4.69) is 6.92 Å². The Morgan fingerprint density at radius 2 is 2.04 bits per heavy atom. The molecule has 3 heterocycles. The first-order valence-corrected chi connectivity index (χ1v) is 7.91. The van der Waals surface area contributed by atoms with E-state index in [1.165, 1.54) is 0 Å². The molecule has 1 aromatic carbocycles. The Bertz CT molecular complexity index is 795. The molecule has 4 heteroatoms. The molecule has 0 radical (unpaired) electrons. The molecule has 4 rings (SSSR count). The number of rotatable bonds is 3. The number of hydrogen-bond donors (Lipinski definition) is 0. The van der Waals surface area contributed by atoms with E-state index in [1.54, 1.807) is 13.2 Å². The molecule has 0 aliphatic carbocycles. The van der Waals surface area contributed by atoms with Gasteiger partial charge >= 0.3 is 0 Å². The van der Waals surface area contributed by atoms with Gasteiger partial charge in [0, 0.05) is 18.5 Å². The van der Waals surface area contributed by atoms with Crippen LogP contribution < -0.4 is 0 Å². The first kappa shape index (κ1) is 14.2. The molecule has 2 atom stereocenters. The van der Waals surface area contributed by atoms with Gasteiger partial charge in [-0.25, -0.2) is 0 Å². The van der Waals surface area contributed by atoms with Gasteiger partial charge in [-0.3, -0.25) is 4.79 Å². The maximum absolute atomic E-state index is 13.0. The second kappa shape index (κ2) is 4.57. The first-order chi connectivity index (χ1) is 11.0. The summed E-state index contributed by atoms with van der Waals surface area (Å²) >= 11 is 0. The lowest BCUT2D eigenvalue weighted by Gasteiger charge is -2.31. The quantitative estimate of drug-likeness (QED) is 0.873. The summed E-state index contributed by atoms with van der Waals surface area (Å²) in [6.45, 7) is 4.28. The summed E-state index contributed by atoms with van der Waals surface area (Å²) in [5.74, 6) is 0.969. The van der Waals surface area contributed by atoms with Gasteiger partial charge < -0.3 is 14.1 Å². The fourth-order valence-corrected chi connectivity index (χ4v) is 4.53. The van der Waals surface area contributed by atoms with Gasteiger partial charge in [0.15, 0.2) is 0 Å². The lowest BCUT2D eigenvalue weighted by Crippen LogP contribution is -2.39. The largest absolute Gasteiger partial charge is 0.466 e. The number of carbonyl (C=O) groups excluding carboxylic acids is 2. The number of Topliss-reactive ketones (excluding diaryl/α,β-unsaturated/α-hetero) is 1. The van der Waals surface area contributed by atoms with E-state index in [0.717, 1.165) is 16.9 Å². The van der Waals surface area contributed by atoms with Crippen LogP contribution in [0.25, 0.3) is 0 Å². The first-order valence-electron chi connectivity index (χ1n) is 7.91. The minimum atomic E-state index is -0.582. The molecular weight excluding hydrogens is 290 g/mol. The van der Waals surface area contributed by atoms with Gasteiger partial charge in [-0.05, 0) is 42.5 Å². The molecule has 0 bridgehead atoms. The Labute approximate surface area is 135 Å².